The molecule has 1 fully saturated rings. The van der Waals surface area contributed by atoms with Crippen LogP contribution in [0, 0.1) is 0 Å². The van der Waals surface area contributed by atoms with Crippen LogP contribution in [0.3, 0.4) is 0 Å². The van der Waals surface area contributed by atoms with Crippen LogP contribution in [0.4, 0.5) is 0 Å². The molecule has 1 saturated heterocycles. The minimum atomic E-state index is 0.000945. The van der Waals surface area contributed by atoms with Crippen molar-refractivity contribution in [2.75, 3.05) is 32.8 Å². The predicted octanol–water partition coefficient (Wildman–Crippen LogP) is 2.83. The smallest absolute Gasteiger partial charge is 0.251 e. The number of likely N-dealkylation sites (tertiary alicyclic amines) is 1. The summed E-state index contributed by atoms with van der Waals surface area (Å²) in [4.78, 5) is 14.5. The number of piperidine rings is 1. The summed E-state index contributed by atoms with van der Waals surface area (Å²) in [6, 6.07) is 8.00. The number of nitrogens with zero attached hydrogens (tertiary/aromatic N) is 1. The largest absolute Gasteiger partial charge is 0.382 e. The van der Waals surface area contributed by atoms with Crippen molar-refractivity contribution in [3.63, 3.8) is 0 Å². The molecule has 2 rings (SSSR count). The van der Waals surface area contributed by atoms with Gasteiger partial charge in [0.15, 0.2) is 0 Å². The van der Waals surface area contributed by atoms with Crippen molar-refractivity contribution in [1.82, 2.24) is 10.2 Å². The Morgan fingerprint density at radius 3 is 2.59 bits per heavy atom. The number of nitrogens with one attached hydrogen (secondary N) is 1. The van der Waals surface area contributed by atoms with Gasteiger partial charge in [0.1, 0.15) is 0 Å². The molecule has 0 unspecified atom stereocenters. The number of hydrogen-bond donors (Lipinski definition) is 1. The quantitative estimate of drug-likeness (QED) is 0.751. The van der Waals surface area contributed by atoms with Crippen LogP contribution in [0.15, 0.2) is 24.3 Å². The molecule has 1 aliphatic rings. The van der Waals surface area contributed by atoms with Gasteiger partial charge in [-0.2, -0.15) is 0 Å². The number of amides is 1. The number of carbonyl (C=O) groups excluding carboxylic acids is 1. The van der Waals surface area contributed by atoms with Gasteiger partial charge in [-0.15, -0.1) is 0 Å². The van der Waals surface area contributed by atoms with Crippen molar-refractivity contribution in [2.45, 2.75) is 39.2 Å². The monoisotopic (exact) mass is 304 g/mol. The van der Waals surface area contributed by atoms with Gasteiger partial charge in [-0.1, -0.05) is 18.6 Å². The van der Waals surface area contributed by atoms with E-state index in [4.69, 9.17) is 4.74 Å². The summed E-state index contributed by atoms with van der Waals surface area (Å²) in [5.74, 6) is 0.000945. The lowest BCUT2D eigenvalue weighted by Crippen LogP contribution is -2.29. The summed E-state index contributed by atoms with van der Waals surface area (Å²) in [6.45, 7) is 7.46. The lowest BCUT2D eigenvalue weighted by molar-refractivity contribution is 0.0944. The zero-order valence-corrected chi connectivity index (χ0v) is 13.6. The zero-order valence-electron chi connectivity index (χ0n) is 13.6. The molecule has 1 N–H and O–H groups in total. The minimum Gasteiger partial charge on any atom is -0.382 e. The molecule has 0 spiro atoms. The molecule has 1 aromatic carbocycles. The van der Waals surface area contributed by atoms with Crippen LogP contribution >= 0.6 is 0 Å². The molecular weight excluding hydrogens is 276 g/mol. The molecule has 0 radical (unpaired) electrons. The minimum absolute atomic E-state index is 0.000945. The highest BCUT2D eigenvalue weighted by molar-refractivity contribution is 5.94. The Kier molecular flexibility index (Phi) is 7.40. The molecule has 22 heavy (non-hydrogen) atoms. The van der Waals surface area contributed by atoms with Crippen molar-refractivity contribution in [1.29, 1.82) is 0 Å². The highest BCUT2D eigenvalue weighted by Crippen LogP contribution is 2.13. The van der Waals surface area contributed by atoms with Crippen molar-refractivity contribution in [2.24, 2.45) is 0 Å². The van der Waals surface area contributed by atoms with E-state index in [9.17, 15) is 4.79 Å². The van der Waals surface area contributed by atoms with E-state index < -0.39 is 0 Å². The van der Waals surface area contributed by atoms with E-state index in [-0.39, 0.29) is 5.91 Å². The summed E-state index contributed by atoms with van der Waals surface area (Å²) in [5, 5.41) is 2.93. The van der Waals surface area contributed by atoms with Gasteiger partial charge in [0.2, 0.25) is 0 Å². The van der Waals surface area contributed by atoms with Gasteiger partial charge >= 0.3 is 0 Å². The highest BCUT2D eigenvalue weighted by atomic mass is 16.5. The SMILES string of the molecule is CCOCCCNC(=O)c1ccc(CN2CCCCC2)cc1. The highest BCUT2D eigenvalue weighted by Gasteiger charge is 2.11. The topological polar surface area (TPSA) is 41.6 Å². The second-order valence-corrected chi connectivity index (χ2v) is 5.84. The number of benzene rings is 1. The van der Waals surface area contributed by atoms with Gasteiger partial charge in [0.05, 0.1) is 0 Å². The Balaban J connectivity index is 1.74. The van der Waals surface area contributed by atoms with Crippen LogP contribution in [0.2, 0.25) is 0 Å². The van der Waals surface area contributed by atoms with Crippen LogP contribution in [0.25, 0.3) is 0 Å². The van der Waals surface area contributed by atoms with Crippen LogP contribution < -0.4 is 5.32 Å². The van der Waals surface area contributed by atoms with Gasteiger partial charge in [0, 0.05) is 31.9 Å². The summed E-state index contributed by atoms with van der Waals surface area (Å²) in [7, 11) is 0. The lowest BCUT2D eigenvalue weighted by atomic mass is 10.1. The maximum atomic E-state index is 12.0. The second kappa shape index (κ2) is 9.59. The van der Waals surface area contributed by atoms with Crippen molar-refractivity contribution >= 4 is 5.91 Å². The van der Waals surface area contributed by atoms with E-state index in [1.165, 1.54) is 37.9 Å². The molecule has 0 atom stereocenters. The number of rotatable bonds is 8. The van der Waals surface area contributed by atoms with Crippen molar-refractivity contribution < 1.29 is 9.53 Å². The molecule has 4 nitrogen and oxygen atoms in total. The fourth-order valence-corrected chi connectivity index (χ4v) is 2.76. The van der Waals surface area contributed by atoms with Gasteiger partial charge in [0.25, 0.3) is 5.91 Å². The summed E-state index contributed by atoms with van der Waals surface area (Å²) in [6.07, 6.45) is 4.83. The maximum absolute atomic E-state index is 12.0. The molecule has 1 heterocycles. The number of hydrogen-bond acceptors (Lipinski definition) is 3. The summed E-state index contributed by atoms with van der Waals surface area (Å²) in [5.41, 5.74) is 2.02. The Labute approximate surface area is 133 Å². The molecule has 1 aliphatic heterocycles. The number of ether oxygens (including phenoxy) is 1. The molecule has 1 amide bonds. The van der Waals surface area contributed by atoms with Crippen molar-refractivity contribution in [3.05, 3.63) is 35.4 Å². The molecule has 1 aromatic rings. The van der Waals surface area contributed by atoms with Gasteiger partial charge < -0.3 is 10.1 Å². The van der Waals surface area contributed by atoms with Crippen LogP contribution in [0.5, 0.6) is 0 Å². The average Bonchev–Trinajstić information content (AvgIpc) is 2.56. The van der Waals surface area contributed by atoms with Gasteiger partial charge in [-0.25, -0.2) is 0 Å². The molecule has 0 bridgehead atoms. The first-order valence-corrected chi connectivity index (χ1v) is 8.47. The van der Waals surface area contributed by atoms with Crippen molar-refractivity contribution in [3.8, 4) is 0 Å². The van der Waals surface area contributed by atoms with Gasteiger partial charge in [-0.3, -0.25) is 9.69 Å². The van der Waals surface area contributed by atoms with Crippen LogP contribution in [0.1, 0.15) is 48.5 Å². The Hall–Kier alpha value is -1.39. The lowest BCUT2D eigenvalue weighted by Gasteiger charge is -2.26. The Morgan fingerprint density at radius 2 is 1.91 bits per heavy atom. The van der Waals surface area contributed by atoms with E-state index in [0.29, 0.717) is 13.2 Å². The first-order valence-electron chi connectivity index (χ1n) is 8.47. The molecule has 122 valence electrons. The van der Waals surface area contributed by atoms with Crippen LogP contribution in [-0.2, 0) is 11.3 Å². The first-order chi connectivity index (χ1) is 10.8. The van der Waals surface area contributed by atoms with Gasteiger partial charge in [-0.05, 0) is 57.0 Å². The number of carbonyl (C=O) groups is 1. The summed E-state index contributed by atoms with van der Waals surface area (Å²) >= 11 is 0. The molecule has 0 aromatic heterocycles. The Morgan fingerprint density at radius 1 is 1.18 bits per heavy atom. The van der Waals surface area contributed by atoms with E-state index in [0.717, 1.165) is 25.1 Å². The average molecular weight is 304 g/mol. The summed E-state index contributed by atoms with van der Waals surface area (Å²) < 4.78 is 5.25. The van der Waals surface area contributed by atoms with E-state index >= 15 is 0 Å². The maximum Gasteiger partial charge on any atom is 0.251 e. The molecule has 0 saturated carbocycles. The fourth-order valence-electron chi connectivity index (χ4n) is 2.76. The standard InChI is InChI=1S/C18H28N2O2/c1-2-22-14-6-11-19-18(21)17-9-7-16(8-10-17)15-20-12-4-3-5-13-20/h7-10H,2-6,11-15H2,1H3,(H,19,21). The molecule has 0 aliphatic carbocycles. The zero-order chi connectivity index (χ0) is 15.6. The fraction of sp³-hybridized carbons (Fsp3) is 0.611. The van der Waals surface area contributed by atoms with E-state index in [2.05, 4.69) is 22.3 Å². The third-order valence-corrected chi connectivity index (χ3v) is 4.03. The van der Waals surface area contributed by atoms with Crippen LogP contribution in [-0.4, -0.2) is 43.7 Å². The second-order valence-electron chi connectivity index (χ2n) is 5.84. The third-order valence-electron chi connectivity index (χ3n) is 4.03. The first kappa shape index (κ1) is 17.0. The van der Waals surface area contributed by atoms with E-state index in [1.54, 1.807) is 0 Å². The van der Waals surface area contributed by atoms with E-state index in [1.807, 2.05) is 19.1 Å². The third kappa shape index (κ3) is 5.78. The Bertz CT molecular complexity index is 439. The molecule has 4 heteroatoms. The predicted molar refractivity (Wildman–Crippen MR) is 89.0 cm³/mol. The molecular formula is C18H28N2O2. The normalized spacial score (nSPS) is 15.7.